The van der Waals surface area contributed by atoms with Gasteiger partial charge in [0.2, 0.25) is 5.91 Å². The molecule has 3 heteroatoms. The molecule has 1 aromatic rings. The van der Waals surface area contributed by atoms with Crippen LogP contribution in [-0.4, -0.2) is 5.91 Å². The maximum Gasteiger partial charge on any atom is 0.241 e. The molecule has 1 atom stereocenters. The summed E-state index contributed by atoms with van der Waals surface area (Å²) in [6.45, 7) is 3.72. The van der Waals surface area contributed by atoms with Gasteiger partial charge in [0.1, 0.15) is 5.92 Å². The molecule has 0 heterocycles. The lowest BCUT2D eigenvalue weighted by molar-refractivity contribution is -0.119. The van der Waals surface area contributed by atoms with Crippen molar-refractivity contribution in [2.45, 2.75) is 13.8 Å². The van der Waals surface area contributed by atoms with Crippen LogP contribution in [0.4, 0.5) is 5.69 Å². The van der Waals surface area contributed by atoms with Crippen LogP contribution >= 0.6 is 0 Å². The van der Waals surface area contributed by atoms with Gasteiger partial charge in [0.15, 0.2) is 0 Å². The van der Waals surface area contributed by atoms with Gasteiger partial charge in [0.05, 0.1) is 6.07 Å². The van der Waals surface area contributed by atoms with Crippen LogP contribution in [0.15, 0.2) is 30.3 Å². The highest BCUT2D eigenvalue weighted by atomic mass is 16.1. The monoisotopic (exact) mass is 202 g/mol. The molecule has 0 fully saturated rings. The van der Waals surface area contributed by atoms with Crippen molar-refractivity contribution in [1.82, 2.24) is 0 Å². The molecule has 0 bridgehead atoms. The van der Waals surface area contributed by atoms with Crippen molar-refractivity contribution in [2.24, 2.45) is 11.8 Å². The summed E-state index contributed by atoms with van der Waals surface area (Å²) in [5, 5.41) is 11.5. The summed E-state index contributed by atoms with van der Waals surface area (Å²) in [5.41, 5.74) is 0.725. The molecule has 78 valence electrons. The molecule has 1 N–H and O–H groups in total. The van der Waals surface area contributed by atoms with Crippen molar-refractivity contribution in [3.63, 3.8) is 0 Å². The van der Waals surface area contributed by atoms with Crippen LogP contribution in [0.5, 0.6) is 0 Å². The largest absolute Gasteiger partial charge is 0.325 e. The lowest BCUT2D eigenvalue weighted by Gasteiger charge is -2.12. The van der Waals surface area contributed by atoms with Crippen molar-refractivity contribution in [3.8, 4) is 6.07 Å². The Morgan fingerprint density at radius 3 is 2.40 bits per heavy atom. The first-order valence-electron chi connectivity index (χ1n) is 4.90. The van der Waals surface area contributed by atoms with Gasteiger partial charge in [0.25, 0.3) is 0 Å². The summed E-state index contributed by atoms with van der Waals surface area (Å²) in [4.78, 5) is 11.7. The number of para-hydroxylation sites is 1. The molecule has 0 aromatic heterocycles. The fraction of sp³-hybridized carbons (Fsp3) is 0.333. The molecule has 1 rings (SSSR count). The Hall–Kier alpha value is -1.82. The second-order valence-corrected chi connectivity index (χ2v) is 3.71. The fourth-order valence-corrected chi connectivity index (χ4v) is 1.25. The average molecular weight is 202 g/mol. The molecule has 15 heavy (non-hydrogen) atoms. The molecule has 0 aliphatic rings. The molecular formula is C12H14N2O. The predicted molar refractivity (Wildman–Crippen MR) is 59.0 cm³/mol. The van der Waals surface area contributed by atoms with E-state index >= 15 is 0 Å². The summed E-state index contributed by atoms with van der Waals surface area (Å²) in [6, 6.07) is 11.2. The number of carbonyl (C=O) groups excluding carboxylic acids is 1. The van der Waals surface area contributed by atoms with E-state index in [1.807, 2.05) is 38.1 Å². The first kappa shape index (κ1) is 11.3. The van der Waals surface area contributed by atoms with E-state index in [-0.39, 0.29) is 11.8 Å². The Morgan fingerprint density at radius 2 is 1.93 bits per heavy atom. The topological polar surface area (TPSA) is 52.9 Å². The molecule has 0 spiro atoms. The molecule has 0 saturated carbocycles. The minimum Gasteiger partial charge on any atom is -0.325 e. The smallest absolute Gasteiger partial charge is 0.241 e. The quantitative estimate of drug-likeness (QED) is 0.818. The highest BCUT2D eigenvalue weighted by Crippen LogP contribution is 2.13. The van der Waals surface area contributed by atoms with Gasteiger partial charge in [0, 0.05) is 5.69 Å². The van der Waals surface area contributed by atoms with Crippen LogP contribution in [0.3, 0.4) is 0 Å². The highest BCUT2D eigenvalue weighted by Gasteiger charge is 2.21. The van der Waals surface area contributed by atoms with Crippen molar-refractivity contribution in [2.75, 3.05) is 5.32 Å². The zero-order valence-corrected chi connectivity index (χ0v) is 8.90. The molecule has 1 unspecified atom stereocenters. The van der Waals surface area contributed by atoms with Gasteiger partial charge in [-0.05, 0) is 18.1 Å². The van der Waals surface area contributed by atoms with Crippen LogP contribution in [-0.2, 0) is 4.79 Å². The number of benzene rings is 1. The SMILES string of the molecule is CC(C)C(C#N)C(=O)Nc1ccccc1. The second-order valence-electron chi connectivity index (χ2n) is 3.71. The first-order valence-corrected chi connectivity index (χ1v) is 4.90. The number of anilines is 1. The van der Waals surface area contributed by atoms with E-state index in [9.17, 15) is 4.79 Å². The van der Waals surface area contributed by atoms with E-state index in [4.69, 9.17) is 5.26 Å². The molecule has 0 radical (unpaired) electrons. The van der Waals surface area contributed by atoms with E-state index < -0.39 is 5.92 Å². The Bertz CT molecular complexity index is 365. The lowest BCUT2D eigenvalue weighted by Crippen LogP contribution is -2.25. The van der Waals surface area contributed by atoms with Crippen molar-refractivity contribution in [1.29, 1.82) is 5.26 Å². The second kappa shape index (κ2) is 5.16. The standard InChI is InChI=1S/C12H14N2O/c1-9(2)11(8-13)12(15)14-10-6-4-3-5-7-10/h3-7,9,11H,1-2H3,(H,14,15). The molecule has 0 aliphatic carbocycles. The van der Waals surface area contributed by atoms with Crippen LogP contribution in [0.2, 0.25) is 0 Å². The highest BCUT2D eigenvalue weighted by molar-refractivity contribution is 5.94. The van der Waals surface area contributed by atoms with Gasteiger partial charge in [-0.3, -0.25) is 4.79 Å². The zero-order chi connectivity index (χ0) is 11.3. The molecule has 1 aromatic carbocycles. The lowest BCUT2D eigenvalue weighted by atomic mass is 9.96. The third-order valence-corrected chi connectivity index (χ3v) is 2.13. The summed E-state index contributed by atoms with van der Waals surface area (Å²) in [6.07, 6.45) is 0. The van der Waals surface area contributed by atoms with Crippen molar-refractivity contribution >= 4 is 11.6 Å². The Balaban J connectivity index is 2.68. The van der Waals surface area contributed by atoms with Crippen LogP contribution < -0.4 is 5.32 Å². The minimum absolute atomic E-state index is 0.0266. The zero-order valence-electron chi connectivity index (χ0n) is 8.90. The third kappa shape index (κ3) is 3.10. The number of rotatable bonds is 3. The minimum atomic E-state index is -0.592. The number of nitrogens with zero attached hydrogens (tertiary/aromatic N) is 1. The summed E-state index contributed by atoms with van der Waals surface area (Å²) in [5.74, 6) is -0.803. The van der Waals surface area contributed by atoms with Gasteiger partial charge in [-0.15, -0.1) is 0 Å². The van der Waals surface area contributed by atoms with E-state index in [1.54, 1.807) is 12.1 Å². The van der Waals surface area contributed by atoms with E-state index in [1.165, 1.54) is 0 Å². The number of nitriles is 1. The average Bonchev–Trinajstić information content (AvgIpc) is 2.19. The normalized spacial score (nSPS) is 11.9. The number of nitrogens with one attached hydrogen (secondary N) is 1. The van der Waals surface area contributed by atoms with Gasteiger partial charge in [-0.25, -0.2) is 0 Å². The summed E-state index contributed by atoms with van der Waals surface area (Å²) < 4.78 is 0. The molecule has 0 aliphatic heterocycles. The Kier molecular flexibility index (Phi) is 3.87. The van der Waals surface area contributed by atoms with Gasteiger partial charge >= 0.3 is 0 Å². The number of hydrogen-bond donors (Lipinski definition) is 1. The van der Waals surface area contributed by atoms with Crippen LogP contribution in [0.1, 0.15) is 13.8 Å². The van der Waals surface area contributed by atoms with E-state index in [2.05, 4.69) is 5.32 Å². The first-order chi connectivity index (χ1) is 7.15. The Labute approximate surface area is 89.7 Å². The number of hydrogen-bond acceptors (Lipinski definition) is 2. The summed E-state index contributed by atoms with van der Waals surface area (Å²) >= 11 is 0. The number of carbonyl (C=O) groups is 1. The van der Waals surface area contributed by atoms with Crippen LogP contribution in [0.25, 0.3) is 0 Å². The third-order valence-electron chi connectivity index (χ3n) is 2.13. The fourth-order valence-electron chi connectivity index (χ4n) is 1.25. The van der Waals surface area contributed by atoms with E-state index in [0.29, 0.717) is 0 Å². The van der Waals surface area contributed by atoms with Gasteiger partial charge in [-0.2, -0.15) is 5.26 Å². The predicted octanol–water partition coefficient (Wildman–Crippen LogP) is 2.42. The van der Waals surface area contributed by atoms with Crippen molar-refractivity contribution in [3.05, 3.63) is 30.3 Å². The van der Waals surface area contributed by atoms with Crippen LogP contribution in [0, 0.1) is 23.2 Å². The maximum atomic E-state index is 11.7. The molecule has 1 amide bonds. The van der Waals surface area contributed by atoms with Crippen molar-refractivity contribution < 1.29 is 4.79 Å². The van der Waals surface area contributed by atoms with Gasteiger partial charge in [-0.1, -0.05) is 32.0 Å². The Morgan fingerprint density at radius 1 is 1.33 bits per heavy atom. The maximum absolute atomic E-state index is 11.7. The number of amides is 1. The van der Waals surface area contributed by atoms with Gasteiger partial charge < -0.3 is 5.32 Å². The summed E-state index contributed by atoms with van der Waals surface area (Å²) in [7, 11) is 0. The molecule has 0 saturated heterocycles. The molecule has 3 nitrogen and oxygen atoms in total. The van der Waals surface area contributed by atoms with E-state index in [0.717, 1.165) is 5.69 Å². The molecular weight excluding hydrogens is 188 g/mol.